The summed E-state index contributed by atoms with van der Waals surface area (Å²) in [5, 5.41) is 17.7. The van der Waals surface area contributed by atoms with E-state index in [0.717, 1.165) is 28.1 Å². The van der Waals surface area contributed by atoms with E-state index in [1.54, 1.807) is 0 Å². The van der Waals surface area contributed by atoms with Crippen molar-refractivity contribution in [1.29, 1.82) is 0 Å². The maximum atomic E-state index is 5.49. The molecule has 11 rings (SSSR count). The molecule has 1 heterocycles. The molecule has 0 aliphatic carbocycles. The lowest BCUT2D eigenvalue weighted by Gasteiger charge is -2.33. The third-order valence-corrected chi connectivity index (χ3v) is 11.7. The lowest BCUT2D eigenvalue weighted by atomic mass is 9.88. The van der Waals surface area contributed by atoms with Gasteiger partial charge >= 0.3 is 0 Å². The predicted molar refractivity (Wildman–Crippen MR) is 244 cm³/mol. The Hall–Kier alpha value is -7.33. The Balaban J connectivity index is 1.16. The molecule has 1 aliphatic rings. The Morgan fingerprint density at radius 2 is 0.810 bits per heavy atom. The number of fused-ring (bicyclic) bond motifs is 6. The Bertz CT molecular complexity index is 3050. The average molecular weight is 742 g/mol. The van der Waals surface area contributed by atoms with Gasteiger partial charge in [0.05, 0.1) is 0 Å². The molecule has 0 saturated heterocycles. The molecule has 3 nitrogen and oxygen atoms in total. The van der Waals surface area contributed by atoms with Gasteiger partial charge in [0.25, 0.3) is 0 Å². The van der Waals surface area contributed by atoms with E-state index in [-0.39, 0.29) is 12.3 Å². The summed E-state index contributed by atoms with van der Waals surface area (Å²) in [6.45, 7) is 0. The zero-order chi connectivity index (χ0) is 38.4. The van der Waals surface area contributed by atoms with Crippen LogP contribution in [0.15, 0.2) is 217 Å². The van der Waals surface area contributed by atoms with Crippen LogP contribution in [0.3, 0.4) is 0 Å². The minimum Gasteiger partial charge on any atom is -0.350 e. The van der Waals surface area contributed by atoms with Crippen LogP contribution in [0.4, 0.5) is 0 Å². The van der Waals surface area contributed by atoms with Crippen LogP contribution in [0.5, 0.6) is 0 Å². The van der Waals surface area contributed by atoms with Crippen molar-refractivity contribution in [1.82, 2.24) is 10.6 Å². The van der Waals surface area contributed by atoms with Crippen molar-refractivity contribution in [3.8, 4) is 33.4 Å². The van der Waals surface area contributed by atoms with Crippen molar-refractivity contribution in [2.75, 3.05) is 0 Å². The molecule has 0 fully saturated rings. The first-order valence-corrected chi connectivity index (χ1v) is 20.0. The van der Waals surface area contributed by atoms with E-state index in [0.29, 0.717) is 0 Å². The van der Waals surface area contributed by atoms with E-state index in [9.17, 15) is 0 Å². The Labute approximate surface area is 338 Å². The van der Waals surface area contributed by atoms with E-state index in [1.165, 1.54) is 70.9 Å². The van der Waals surface area contributed by atoms with Crippen LogP contribution in [0.2, 0.25) is 0 Å². The van der Waals surface area contributed by atoms with Crippen molar-refractivity contribution >= 4 is 48.9 Å². The molecule has 10 aromatic carbocycles. The maximum absolute atomic E-state index is 5.49. The summed E-state index contributed by atoms with van der Waals surface area (Å²) in [7, 11) is 0. The van der Waals surface area contributed by atoms with Crippen LogP contribution in [0, 0.1) is 0 Å². The van der Waals surface area contributed by atoms with Gasteiger partial charge in [-0.2, -0.15) is 0 Å². The molecule has 2 unspecified atom stereocenters. The van der Waals surface area contributed by atoms with Crippen molar-refractivity contribution in [2.24, 2.45) is 4.99 Å². The molecule has 2 N–H and O–H groups in total. The van der Waals surface area contributed by atoms with E-state index in [4.69, 9.17) is 4.99 Å². The standard InChI is InChI=1S/C55H39N3/c1-3-17-36(18-4-1)43-23-11-16-30-50(43)55-57-53(37-19-5-2-6-20-37)56-54(58-55)42-32-40(51-34-38-21-7-9-24-44(38)46-26-12-14-28-48(46)51)31-41(33-42)52-35-39-22-8-10-25-45(39)47-27-13-15-29-49(47)52/h1-35,54-55,58H,(H,56,57). The van der Waals surface area contributed by atoms with Gasteiger partial charge < -0.3 is 5.32 Å². The number of hydrogen-bond donors (Lipinski definition) is 2. The van der Waals surface area contributed by atoms with Gasteiger partial charge in [0.1, 0.15) is 18.2 Å². The molecular weight excluding hydrogens is 703 g/mol. The average Bonchev–Trinajstić information content (AvgIpc) is 3.31. The number of nitrogens with one attached hydrogen (secondary N) is 2. The van der Waals surface area contributed by atoms with Gasteiger partial charge in [-0.05, 0) is 118 Å². The van der Waals surface area contributed by atoms with Gasteiger partial charge in [0, 0.05) is 5.56 Å². The summed E-state index contributed by atoms with van der Waals surface area (Å²) in [5.74, 6) is 0.858. The fourth-order valence-corrected chi connectivity index (χ4v) is 8.97. The summed E-state index contributed by atoms with van der Waals surface area (Å²) in [6, 6.07) is 76.8. The second-order valence-electron chi connectivity index (χ2n) is 15.2. The molecule has 1 aliphatic heterocycles. The topological polar surface area (TPSA) is 36.4 Å². The SMILES string of the molecule is c1ccc(C2=NC(c3cc(-c4cc5ccccc5c5ccccc45)cc(-c4cc5ccccc5c5ccccc45)c3)NC(c3ccccc3-c3ccccc3)N2)cc1. The first kappa shape index (κ1) is 34.0. The highest BCUT2D eigenvalue weighted by atomic mass is 15.3. The smallest absolute Gasteiger partial charge is 0.131 e. The minimum absolute atomic E-state index is 0.218. The molecule has 2 atom stereocenters. The van der Waals surface area contributed by atoms with Crippen LogP contribution in [-0.2, 0) is 0 Å². The van der Waals surface area contributed by atoms with Crippen molar-refractivity contribution < 1.29 is 0 Å². The van der Waals surface area contributed by atoms with Crippen molar-refractivity contribution in [2.45, 2.75) is 12.3 Å². The second-order valence-corrected chi connectivity index (χ2v) is 15.2. The molecule has 0 amide bonds. The van der Waals surface area contributed by atoms with Gasteiger partial charge in [0.15, 0.2) is 0 Å². The quantitative estimate of drug-likeness (QED) is 0.167. The van der Waals surface area contributed by atoms with Gasteiger partial charge in [-0.3, -0.25) is 5.32 Å². The molecule has 10 aromatic rings. The second kappa shape index (κ2) is 14.3. The van der Waals surface area contributed by atoms with Crippen molar-refractivity contribution in [3.63, 3.8) is 0 Å². The zero-order valence-electron chi connectivity index (χ0n) is 31.8. The molecule has 0 bridgehead atoms. The maximum Gasteiger partial charge on any atom is 0.131 e. The number of amidine groups is 1. The molecule has 274 valence electrons. The summed E-state index contributed by atoms with van der Waals surface area (Å²) in [4.78, 5) is 5.49. The lowest BCUT2D eigenvalue weighted by Crippen LogP contribution is -2.45. The third kappa shape index (κ3) is 6.01. The fraction of sp³-hybridized carbons (Fsp3) is 0.0364. The normalized spacial score (nSPS) is 15.4. The Kier molecular flexibility index (Phi) is 8.38. The summed E-state index contributed by atoms with van der Waals surface area (Å²) in [5.41, 5.74) is 10.4. The first-order chi connectivity index (χ1) is 28.7. The van der Waals surface area contributed by atoms with Gasteiger partial charge in [-0.1, -0.05) is 182 Å². The minimum atomic E-state index is -0.359. The Morgan fingerprint density at radius 1 is 0.345 bits per heavy atom. The number of aliphatic imine (C=N–C) groups is 1. The van der Waals surface area contributed by atoms with Crippen LogP contribution in [0.25, 0.3) is 76.5 Å². The number of nitrogens with zero attached hydrogens (tertiary/aromatic N) is 1. The molecule has 3 heteroatoms. The van der Waals surface area contributed by atoms with Crippen molar-refractivity contribution in [3.05, 3.63) is 229 Å². The molecular formula is C55H39N3. The highest BCUT2D eigenvalue weighted by Crippen LogP contribution is 2.42. The van der Waals surface area contributed by atoms with Gasteiger partial charge in [-0.25, -0.2) is 4.99 Å². The Morgan fingerprint density at radius 3 is 1.40 bits per heavy atom. The summed E-state index contributed by atoms with van der Waals surface area (Å²) in [6.07, 6.45) is -0.577. The third-order valence-electron chi connectivity index (χ3n) is 11.7. The zero-order valence-corrected chi connectivity index (χ0v) is 31.8. The monoisotopic (exact) mass is 741 g/mol. The number of rotatable bonds is 6. The van der Waals surface area contributed by atoms with Gasteiger partial charge in [0.2, 0.25) is 0 Å². The van der Waals surface area contributed by atoms with E-state index < -0.39 is 0 Å². The van der Waals surface area contributed by atoms with E-state index in [2.05, 4.69) is 223 Å². The lowest BCUT2D eigenvalue weighted by molar-refractivity contribution is 0.410. The molecule has 0 radical (unpaired) electrons. The molecule has 58 heavy (non-hydrogen) atoms. The van der Waals surface area contributed by atoms with E-state index >= 15 is 0 Å². The largest absolute Gasteiger partial charge is 0.350 e. The molecule has 0 spiro atoms. The highest BCUT2D eigenvalue weighted by Gasteiger charge is 2.28. The number of benzene rings is 10. The van der Waals surface area contributed by atoms with Crippen LogP contribution in [-0.4, -0.2) is 5.84 Å². The van der Waals surface area contributed by atoms with Crippen LogP contribution in [0.1, 0.15) is 29.0 Å². The van der Waals surface area contributed by atoms with E-state index in [1.807, 2.05) is 0 Å². The molecule has 0 aromatic heterocycles. The predicted octanol–water partition coefficient (Wildman–Crippen LogP) is 13.6. The summed E-state index contributed by atoms with van der Waals surface area (Å²) >= 11 is 0. The summed E-state index contributed by atoms with van der Waals surface area (Å²) < 4.78 is 0. The highest BCUT2D eigenvalue weighted by molar-refractivity contribution is 6.16. The number of hydrogen-bond acceptors (Lipinski definition) is 3. The first-order valence-electron chi connectivity index (χ1n) is 20.0. The fourth-order valence-electron chi connectivity index (χ4n) is 8.97. The molecule has 0 saturated carbocycles. The van der Waals surface area contributed by atoms with Gasteiger partial charge in [-0.15, -0.1) is 0 Å². The van der Waals surface area contributed by atoms with Crippen LogP contribution >= 0.6 is 0 Å². The van der Waals surface area contributed by atoms with Crippen LogP contribution < -0.4 is 10.6 Å².